The summed E-state index contributed by atoms with van der Waals surface area (Å²) in [5, 5.41) is 4.08. The molecule has 0 aliphatic heterocycles. The van der Waals surface area contributed by atoms with Crippen molar-refractivity contribution < 1.29 is 28.7 Å². The Balaban J connectivity index is 2.65. The molecule has 0 heterocycles. The summed E-state index contributed by atoms with van der Waals surface area (Å²) < 4.78 is 10.9. The van der Waals surface area contributed by atoms with Gasteiger partial charge in [0.2, 0.25) is 0 Å². The molecule has 7 nitrogen and oxygen atoms in total. The highest BCUT2D eigenvalue weighted by Crippen LogP contribution is 2.38. The van der Waals surface area contributed by atoms with Crippen molar-refractivity contribution in [2.45, 2.75) is 46.5 Å². The lowest BCUT2D eigenvalue weighted by atomic mass is 9.88. The molecule has 0 radical (unpaired) electrons. The standard InChI is InChI=1S/C22H27NO6/c1-6-7-19(26)29-23-15(9-8-13(2)3)14-12-18(27-4)20-16(24)10-11-17(25)21(20)22(14)28-5/h10-13H,6-9H2,1-5H3. The van der Waals surface area contributed by atoms with E-state index in [-0.39, 0.29) is 40.6 Å². The van der Waals surface area contributed by atoms with Gasteiger partial charge < -0.3 is 14.3 Å². The van der Waals surface area contributed by atoms with Crippen LogP contribution in [-0.2, 0) is 9.63 Å². The molecular weight excluding hydrogens is 374 g/mol. The second-order valence-electron chi connectivity index (χ2n) is 7.16. The number of oxime groups is 1. The van der Waals surface area contributed by atoms with E-state index < -0.39 is 5.97 Å². The van der Waals surface area contributed by atoms with Crippen LogP contribution in [0.2, 0.25) is 0 Å². The van der Waals surface area contributed by atoms with Gasteiger partial charge in [0, 0.05) is 12.0 Å². The van der Waals surface area contributed by atoms with Crippen LogP contribution >= 0.6 is 0 Å². The number of rotatable bonds is 9. The van der Waals surface area contributed by atoms with E-state index in [0.717, 1.165) is 6.42 Å². The number of fused-ring (bicyclic) bond motifs is 1. The second kappa shape index (κ2) is 10.0. The summed E-state index contributed by atoms with van der Waals surface area (Å²) >= 11 is 0. The van der Waals surface area contributed by atoms with Crippen molar-refractivity contribution in [1.82, 2.24) is 0 Å². The first-order chi connectivity index (χ1) is 13.8. The van der Waals surface area contributed by atoms with Gasteiger partial charge in [0.25, 0.3) is 0 Å². The Labute approximate surface area is 170 Å². The van der Waals surface area contributed by atoms with E-state index in [4.69, 9.17) is 14.3 Å². The van der Waals surface area contributed by atoms with Gasteiger partial charge >= 0.3 is 5.97 Å². The molecule has 1 aliphatic carbocycles. The maximum Gasteiger partial charge on any atom is 0.335 e. The molecule has 1 aliphatic rings. The number of hydrogen-bond acceptors (Lipinski definition) is 7. The predicted octanol–water partition coefficient (Wildman–Crippen LogP) is 4.12. The Bertz CT molecular complexity index is 867. The highest BCUT2D eigenvalue weighted by atomic mass is 16.7. The number of hydrogen-bond donors (Lipinski definition) is 0. The number of ketones is 2. The molecule has 0 amide bonds. The van der Waals surface area contributed by atoms with Crippen LogP contribution in [0.1, 0.15) is 72.7 Å². The lowest BCUT2D eigenvalue weighted by Gasteiger charge is -2.20. The first-order valence-electron chi connectivity index (χ1n) is 9.66. The van der Waals surface area contributed by atoms with Gasteiger partial charge in [0.15, 0.2) is 11.6 Å². The van der Waals surface area contributed by atoms with Crippen LogP contribution in [0.4, 0.5) is 0 Å². The number of nitrogens with zero attached hydrogens (tertiary/aromatic N) is 1. The summed E-state index contributed by atoms with van der Waals surface area (Å²) in [7, 11) is 2.85. The second-order valence-corrected chi connectivity index (χ2v) is 7.16. The van der Waals surface area contributed by atoms with Gasteiger partial charge in [-0.05, 0) is 43.4 Å². The summed E-state index contributed by atoms with van der Waals surface area (Å²) in [5.41, 5.74) is 1.21. The Morgan fingerprint density at radius 3 is 2.24 bits per heavy atom. The van der Waals surface area contributed by atoms with Gasteiger partial charge in [-0.1, -0.05) is 25.9 Å². The molecule has 0 atom stereocenters. The summed E-state index contributed by atoms with van der Waals surface area (Å²) in [5.74, 6) is -0.289. The normalized spacial score (nSPS) is 13.5. The molecule has 156 valence electrons. The molecule has 1 aromatic rings. The molecule has 0 saturated carbocycles. The third-order valence-electron chi connectivity index (χ3n) is 4.53. The maximum absolute atomic E-state index is 12.6. The monoisotopic (exact) mass is 401 g/mol. The van der Waals surface area contributed by atoms with Gasteiger partial charge in [-0.15, -0.1) is 0 Å². The van der Waals surface area contributed by atoms with Gasteiger partial charge in [0.05, 0.1) is 31.1 Å². The van der Waals surface area contributed by atoms with Gasteiger partial charge in [-0.2, -0.15) is 0 Å². The maximum atomic E-state index is 12.6. The van der Waals surface area contributed by atoms with Crippen molar-refractivity contribution in [3.8, 4) is 11.5 Å². The molecule has 0 spiro atoms. The van der Waals surface area contributed by atoms with Gasteiger partial charge in [-0.3, -0.25) is 9.59 Å². The topological polar surface area (TPSA) is 91.3 Å². The van der Waals surface area contributed by atoms with Crippen molar-refractivity contribution in [1.29, 1.82) is 0 Å². The first-order valence-corrected chi connectivity index (χ1v) is 9.66. The average molecular weight is 401 g/mol. The third-order valence-corrected chi connectivity index (χ3v) is 4.53. The first kappa shape index (κ1) is 22.3. The lowest BCUT2D eigenvalue weighted by molar-refractivity contribution is -0.143. The number of carbonyl (C=O) groups excluding carboxylic acids is 3. The zero-order chi connectivity index (χ0) is 21.6. The van der Waals surface area contributed by atoms with E-state index >= 15 is 0 Å². The molecule has 7 heteroatoms. The Hall–Kier alpha value is -2.96. The minimum atomic E-state index is -0.437. The molecule has 1 aromatic carbocycles. The average Bonchev–Trinajstić information content (AvgIpc) is 2.69. The fraction of sp³-hybridized carbons (Fsp3) is 0.455. The zero-order valence-corrected chi connectivity index (χ0v) is 17.5. The predicted molar refractivity (Wildman–Crippen MR) is 109 cm³/mol. The molecule has 0 aromatic heterocycles. The van der Waals surface area contributed by atoms with Gasteiger partial charge in [0.1, 0.15) is 11.5 Å². The van der Waals surface area contributed by atoms with E-state index in [1.807, 2.05) is 6.92 Å². The summed E-state index contributed by atoms with van der Waals surface area (Å²) in [4.78, 5) is 41.9. The third kappa shape index (κ3) is 5.10. The highest BCUT2D eigenvalue weighted by Gasteiger charge is 2.31. The van der Waals surface area contributed by atoms with E-state index in [2.05, 4.69) is 19.0 Å². The summed E-state index contributed by atoms with van der Waals surface area (Å²) in [6.45, 7) is 6.01. The van der Waals surface area contributed by atoms with Gasteiger partial charge in [-0.25, -0.2) is 4.79 Å². The quantitative estimate of drug-likeness (QED) is 0.351. The highest BCUT2D eigenvalue weighted by molar-refractivity contribution is 6.25. The van der Waals surface area contributed by atoms with Crippen LogP contribution < -0.4 is 9.47 Å². The van der Waals surface area contributed by atoms with Crippen LogP contribution in [0, 0.1) is 5.92 Å². The lowest BCUT2D eigenvalue weighted by Crippen LogP contribution is -2.18. The van der Waals surface area contributed by atoms with Crippen molar-refractivity contribution in [3.05, 3.63) is 34.9 Å². The zero-order valence-electron chi connectivity index (χ0n) is 17.5. The van der Waals surface area contributed by atoms with Crippen molar-refractivity contribution in [2.24, 2.45) is 11.1 Å². The number of allylic oxidation sites excluding steroid dienone is 2. The van der Waals surface area contributed by atoms with Crippen LogP contribution in [0.3, 0.4) is 0 Å². The molecule has 0 unspecified atom stereocenters. The Morgan fingerprint density at radius 1 is 1.03 bits per heavy atom. The minimum Gasteiger partial charge on any atom is -0.496 e. The Kier molecular flexibility index (Phi) is 7.70. The molecule has 0 N–H and O–H groups in total. The van der Waals surface area contributed by atoms with Crippen LogP contribution in [0.15, 0.2) is 23.4 Å². The largest absolute Gasteiger partial charge is 0.496 e. The van der Waals surface area contributed by atoms with Crippen molar-refractivity contribution in [2.75, 3.05) is 14.2 Å². The Morgan fingerprint density at radius 2 is 1.69 bits per heavy atom. The van der Waals surface area contributed by atoms with E-state index in [0.29, 0.717) is 30.0 Å². The van der Waals surface area contributed by atoms with E-state index in [1.54, 1.807) is 6.07 Å². The SMILES string of the molecule is CCCC(=O)ON=C(CCC(C)C)c1cc(OC)c2c(c1OC)C(=O)C=CC2=O. The minimum absolute atomic E-state index is 0.131. The molecule has 0 saturated heterocycles. The fourth-order valence-corrected chi connectivity index (χ4v) is 3.04. The molecule has 0 fully saturated rings. The fourth-order valence-electron chi connectivity index (χ4n) is 3.04. The number of ether oxygens (including phenoxy) is 2. The van der Waals surface area contributed by atoms with E-state index in [1.165, 1.54) is 26.4 Å². The summed E-state index contributed by atoms with van der Waals surface area (Å²) in [6, 6.07) is 1.61. The van der Waals surface area contributed by atoms with Crippen LogP contribution in [0.5, 0.6) is 11.5 Å². The van der Waals surface area contributed by atoms with E-state index in [9.17, 15) is 14.4 Å². The molecule has 2 rings (SSSR count). The molecule has 0 bridgehead atoms. The van der Waals surface area contributed by atoms with Crippen LogP contribution in [0.25, 0.3) is 0 Å². The summed E-state index contributed by atoms with van der Waals surface area (Å²) in [6.07, 6.45) is 4.60. The van der Waals surface area contributed by atoms with Crippen molar-refractivity contribution >= 4 is 23.2 Å². The van der Waals surface area contributed by atoms with Crippen molar-refractivity contribution in [3.63, 3.8) is 0 Å². The number of carbonyl (C=O) groups is 3. The number of benzene rings is 1. The smallest absolute Gasteiger partial charge is 0.335 e. The molecular formula is C22H27NO6. The molecule has 29 heavy (non-hydrogen) atoms. The number of methoxy groups -OCH3 is 2. The van der Waals surface area contributed by atoms with Crippen LogP contribution in [-0.4, -0.2) is 37.5 Å².